The van der Waals surface area contributed by atoms with Crippen molar-refractivity contribution in [2.45, 2.75) is 44.1 Å². The molecule has 0 aliphatic heterocycles. The Labute approximate surface area is 120 Å². The number of alkyl halides is 2. The van der Waals surface area contributed by atoms with Gasteiger partial charge in [0, 0.05) is 12.1 Å². The largest absolute Gasteiger partial charge is 0.396 e. The van der Waals surface area contributed by atoms with Gasteiger partial charge in [0.25, 0.3) is 6.43 Å². The minimum absolute atomic E-state index is 0.0875. The van der Waals surface area contributed by atoms with Crippen LogP contribution in [0.2, 0.25) is 0 Å². The van der Waals surface area contributed by atoms with Gasteiger partial charge in [-0.15, -0.1) is 15.3 Å². The van der Waals surface area contributed by atoms with Gasteiger partial charge in [-0.05, 0) is 31.4 Å². The van der Waals surface area contributed by atoms with Crippen molar-refractivity contribution >= 4 is 11.5 Å². The predicted octanol–water partition coefficient (Wildman–Crippen LogP) is 2.17. The van der Waals surface area contributed by atoms with Crippen LogP contribution in [0, 0.1) is 0 Å². The zero-order valence-corrected chi connectivity index (χ0v) is 11.5. The lowest BCUT2D eigenvalue weighted by atomic mass is 9.93. The number of hydrogen-bond acceptors (Lipinski definition) is 5. The standard InChI is InChI=1S/C13H17F2N5O/c14-11(15)12-18-17-10-4-3-9(19-20(10)12)16-13(7-8-21)5-1-2-6-13/h3-4,11,21H,1-2,5-8H2,(H,16,19). The van der Waals surface area contributed by atoms with Crippen LogP contribution in [-0.4, -0.2) is 37.1 Å². The molecule has 2 N–H and O–H groups in total. The molecule has 0 saturated heterocycles. The SMILES string of the molecule is OCCC1(Nc2ccc3nnc(C(F)F)n3n2)CCCC1. The lowest BCUT2D eigenvalue weighted by Gasteiger charge is -2.30. The number of nitrogens with one attached hydrogen (secondary N) is 1. The molecule has 2 heterocycles. The van der Waals surface area contributed by atoms with Crippen molar-refractivity contribution in [1.29, 1.82) is 0 Å². The molecule has 1 aliphatic rings. The van der Waals surface area contributed by atoms with E-state index in [2.05, 4.69) is 20.6 Å². The van der Waals surface area contributed by atoms with E-state index in [1.165, 1.54) is 0 Å². The number of aromatic nitrogens is 4. The summed E-state index contributed by atoms with van der Waals surface area (Å²) < 4.78 is 26.8. The zero-order valence-electron chi connectivity index (χ0n) is 11.5. The van der Waals surface area contributed by atoms with E-state index in [0.29, 0.717) is 17.9 Å². The van der Waals surface area contributed by atoms with Gasteiger partial charge in [0.15, 0.2) is 5.65 Å². The van der Waals surface area contributed by atoms with Crippen LogP contribution >= 0.6 is 0 Å². The molecule has 21 heavy (non-hydrogen) atoms. The number of fused-ring (bicyclic) bond motifs is 1. The minimum atomic E-state index is -2.72. The fraction of sp³-hybridized carbons (Fsp3) is 0.615. The number of nitrogens with zero attached hydrogens (tertiary/aromatic N) is 4. The van der Waals surface area contributed by atoms with Crippen LogP contribution in [0.25, 0.3) is 5.65 Å². The van der Waals surface area contributed by atoms with E-state index < -0.39 is 12.2 Å². The Hall–Kier alpha value is -1.83. The highest BCUT2D eigenvalue weighted by Gasteiger charge is 2.33. The first kappa shape index (κ1) is 14.1. The van der Waals surface area contributed by atoms with Crippen molar-refractivity contribution in [3.8, 4) is 0 Å². The fourth-order valence-corrected chi connectivity index (χ4v) is 2.98. The summed E-state index contributed by atoms with van der Waals surface area (Å²) in [4.78, 5) is 0. The average Bonchev–Trinajstić information content (AvgIpc) is 3.06. The molecule has 0 unspecified atom stereocenters. The van der Waals surface area contributed by atoms with Crippen molar-refractivity contribution in [2.75, 3.05) is 11.9 Å². The molecular weight excluding hydrogens is 280 g/mol. The molecule has 0 radical (unpaired) electrons. The third kappa shape index (κ3) is 2.67. The van der Waals surface area contributed by atoms with E-state index in [4.69, 9.17) is 0 Å². The normalized spacial score (nSPS) is 17.7. The predicted molar refractivity (Wildman–Crippen MR) is 72.3 cm³/mol. The Morgan fingerprint density at radius 2 is 2.05 bits per heavy atom. The highest BCUT2D eigenvalue weighted by molar-refractivity contribution is 5.45. The van der Waals surface area contributed by atoms with E-state index >= 15 is 0 Å². The highest BCUT2D eigenvalue weighted by atomic mass is 19.3. The van der Waals surface area contributed by atoms with Crippen molar-refractivity contribution in [2.24, 2.45) is 0 Å². The van der Waals surface area contributed by atoms with Crippen molar-refractivity contribution in [3.63, 3.8) is 0 Å². The van der Waals surface area contributed by atoms with E-state index in [1.54, 1.807) is 12.1 Å². The van der Waals surface area contributed by atoms with Crippen LogP contribution in [0.1, 0.15) is 44.4 Å². The number of aliphatic hydroxyl groups is 1. The molecule has 0 atom stereocenters. The van der Waals surface area contributed by atoms with Gasteiger partial charge < -0.3 is 10.4 Å². The maximum atomic E-state index is 12.8. The number of anilines is 1. The summed E-state index contributed by atoms with van der Waals surface area (Å²) in [6.45, 7) is 0.0875. The molecule has 8 heteroatoms. The Kier molecular flexibility index (Phi) is 3.71. The van der Waals surface area contributed by atoms with E-state index in [9.17, 15) is 13.9 Å². The number of halogens is 2. The quantitative estimate of drug-likeness (QED) is 0.884. The van der Waals surface area contributed by atoms with Crippen molar-refractivity contribution in [1.82, 2.24) is 19.8 Å². The van der Waals surface area contributed by atoms with Gasteiger partial charge >= 0.3 is 0 Å². The number of rotatable bonds is 5. The molecule has 1 fully saturated rings. The second kappa shape index (κ2) is 5.51. The highest BCUT2D eigenvalue weighted by Crippen LogP contribution is 2.35. The first-order valence-electron chi connectivity index (χ1n) is 7.03. The maximum Gasteiger partial charge on any atom is 0.299 e. The summed E-state index contributed by atoms with van der Waals surface area (Å²) in [7, 11) is 0. The smallest absolute Gasteiger partial charge is 0.299 e. The average molecular weight is 297 g/mol. The summed E-state index contributed by atoms with van der Waals surface area (Å²) in [5, 5.41) is 23.8. The van der Waals surface area contributed by atoms with Crippen molar-refractivity contribution < 1.29 is 13.9 Å². The first-order valence-corrected chi connectivity index (χ1v) is 7.03. The summed E-state index contributed by atoms with van der Waals surface area (Å²) in [6, 6.07) is 3.31. The number of hydrogen-bond donors (Lipinski definition) is 2. The van der Waals surface area contributed by atoms with Crippen LogP contribution in [0.4, 0.5) is 14.6 Å². The molecule has 1 saturated carbocycles. The van der Waals surface area contributed by atoms with E-state index in [0.717, 1.165) is 30.2 Å². The summed E-state index contributed by atoms with van der Waals surface area (Å²) in [5.74, 6) is 0.0378. The van der Waals surface area contributed by atoms with Gasteiger partial charge in [-0.3, -0.25) is 0 Å². The molecule has 2 aromatic heterocycles. The Balaban J connectivity index is 1.91. The summed E-state index contributed by atoms with van der Waals surface area (Å²) in [5.41, 5.74) is 0.0903. The molecule has 0 amide bonds. The fourth-order valence-electron chi connectivity index (χ4n) is 2.98. The van der Waals surface area contributed by atoms with Crippen molar-refractivity contribution in [3.05, 3.63) is 18.0 Å². The van der Waals surface area contributed by atoms with Gasteiger partial charge in [0.1, 0.15) is 5.82 Å². The second-order valence-electron chi connectivity index (χ2n) is 5.43. The molecule has 3 rings (SSSR count). The molecule has 6 nitrogen and oxygen atoms in total. The van der Waals surface area contributed by atoms with Gasteiger partial charge in [-0.25, -0.2) is 8.78 Å². The topological polar surface area (TPSA) is 75.3 Å². The molecule has 0 spiro atoms. The molecule has 0 aromatic carbocycles. The van der Waals surface area contributed by atoms with Gasteiger partial charge in [0.2, 0.25) is 5.82 Å². The zero-order chi connectivity index (χ0) is 14.9. The van der Waals surface area contributed by atoms with E-state index in [-0.39, 0.29) is 12.1 Å². The lowest BCUT2D eigenvalue weighted by molar-refractivity contribution is 0.137. The lowest BCUT2D eigenvalue weighted by Crippen LogP contribution is -2.36. The Bertz CT molecular complexity index is 624. The Morgan fingerprint density at radius 1 is 1.29 bits per heavy atom. The molecule has 0 bridgehead atoms. The molecular formula is C13H17F2N5O. The third-order valence-electron chi connectivity index (χ3n) is 4.03. The molecule has 1 aliphatic carbocycles. The maximum absolute atomic E-state index is 12.8. The van der Waals surface area contributed by atoms with Crippen LogP contribution in [0.15, 0.2) is 12.1 Å². The van der Waals surface area contributed by atoms with Gasteiger partial charge in [0.05, 0.1) is 0 Å². The van der Waals surface area contributed by atoms with Gasteiger partial charge in [-0.2, -0.15) is 4.52 Å². The monoisotopic (exact) mass is 297 g/mol. The van der Waals surface area contributed by atoms with Crippen LogP contribution < -0.4 is 5.32 Å². The summed E-state index contributed by atoms with van der Waals surface area (Å²) in [6.07, 6.45) is 1.96. The first-order chi connectivity index (χ1) is 10.1. The van der Waals surface area contributed by atoms with E-state index in [1.807, 2.05) is 0 Å². The van der Waals surface area contributed by atoms with Crippen LogP contribution in [-0.2, 0) is 0 Å². The summed E-state index contributed by atoms with van der Waals surface area (Å²) >= 11 is 0. The third-order valence-corrected chi connectivity index (χ3v) is 4.03. The Morgan fingerprint density at radius 3 is 2.71 bits per heavy atom. The molecule has 114 valence electrons. The minimum Gasteiger partial charge on any atom is -0.396 e. The second-order valence-corrected chi connectivity index (χ2v) is 5.43. The number of aliphatic hydroxyl groups excluding tert-OH is 1. The van der Waals surface area contributed by atoms with Gasteiger partial charge in [-0.1, -0.05) is 12.8 Å². The van der Waals surface area contributed by atoms with Crippen LogP contribution in [0.3, 0.4) is 0 Å². The molecule has 2 aromatic rings. The van der Waals surface area contributed by atoms with Crippen LogP contribution in [0.5, 0.6) is 0 Å².